The molecular formula is C15H24N2O. The zero-order chi connectivity index (χ0) is 13.1. The lowest BCUT2D eigenvalue weighted by molar-refractivity contribution is 0.202. The monoisotopic (exact) mass is 248 g/mol. The number of benzene rings is 1. The quantitative estimate of drug-likeness (QED) is 0.889. The smallest absolute Gasteiger partial charge is 0.122 e. The van der Waals surface area contributed by atoms with E-state index in [0.717, 1.165) is 25.4 Å². The maximum atomic E-state index is 5.45. The average molecular weight is 248 g/mol. The van der Waals surface area contributed by atoms with Crippen molar-refractivity contribution in [3.63, 3.8) is 0 Å². The molecule has 1 aliphatic rings. The molecule has 1 aliphatic heterocycles. The first kappa shape index (κ1) is 13.4. The highest BCUT2D eigenvalue weighted by atomic mass is 16.5. The Morgan fingerprint density at radius 2 is 2.17 bits per heavy atom. The van der Waals surface area contributed by atoms with Crippen molar-refractivity contribution in [3.05, 3.63) is 29.3 Å². The number of nitrogens with zero attached hydrogens (tertiary/aromatic N) is 1. The second-order valence-corrected chi connectivity index (χ2v) is 5.36. The van der Waals surface area contributed by atoms with Gasteiger partial charge in [-0.05, 0) is 30.2 Å². The average Bonchev–Trinajstić information content (AvgIpc) is 2.38. The molecule has 18 heavy (non-hydrogen) atoms. The highest BCUT2D eigenvalue weighted by Gasteiger charge is 2.21. The van der Waals surface area contributed by atoms with Crippen molar-refractivity contribution in [1.29, 1.82) is 0 Å². The second-order valence-electron chi connectivity index (χ2n) is 5.36. The van der Waals surface area contributed by atoms with Crippen molar-refractivity contribution in [2.45, 2.75) is 25.8 Å². The van der Waals surface area contributed by atoms with Crippen LogP contribution in [0.4, 0.5) is 0 Å². The summed E-state index contributed by atoms with van der Waals surface area (Å²) in [7, 11) is 3.94. The van der Waals surface area contributed by atoms with Crippen molar-refractivity contribution < 1.29 is 4.74 Å². The normalized spacial score (nSPS) is 21.3. The van der Waals surface area contributed by atoms with Gasteiger partial charge in [0.1, 0.15) is 5.75 Å². The lowest BCUT2D eigenvalue weighted by atomic mass is 9.95. The van der Waals surface area contributed by atoms with Crippen LogP contribution in [0.3, 0.4) is 0 Å². The van der Waals surface area contributed by atoms with Crippen molar-refractivity contribution >= 4 is 0 Å². The molecule has 1 fully saturated rings. The maximum absolute atomic E-state index is 5.45. The number of hydrogen-bond donors (Lipinski definition) is 1. The fraction of sp³-hybridized carbons (Fsp3) is 0.600. The molecule has 1 atom stereocenters. The van der Waals surface area contributed by atoms with E-state index in [-0.39, 0.29) is 0 Å². The largest absolute Gasteiger partial charge is 0.496 e. The molecule has 1 unspecified atom stereocenters. The van der Waals surface area contributed by atoms with E-state index in [9.17, 15) is 0 Å². The van der Waals surface area contributed by atoms with E-state index in [2.05, 4.69) is 49.3 Å². The predicted octanol–water partition coefficient (Wildman–Crippen LogP) is 2.39. The third kappa shape index (κ3) is 2.68. The number of likely N-dealkylation sites (N-methyl/N-ethyl adjacent to an activating group) is 1. The molecule has 0 saturated carbocycles. The molecule has 0 aliphatic carbocycles. The van der Waals surface area contributed by atoms with Crippen LogP contribution in [-0.2, 0) is 0 Å². The fourth-order valence-corrected chi connectivity index (χ4v) is 2.59. The zero-order valence-electron chi connectivity index (χ0n) is 11.9. The van der Waals surface area contributed by atoms with Gasteiger partial charge in [-0.2, -0.15) is 0 Å². The summed E-state index contributed by atoms with van der Waals surface area (Å²) in [5.74, 6) is 1.49. The van der Waals surface area contributed by atoms with Gasteiger partial charge < -0.3 is 10.1 Å². The first-order valence-electron chi connectivity index (χ1n) is 6.72. The minimum Gasteiger partial charge on any atom is -0.496 e. The van der Waals surface area contributed by atoms with Crippen LogP contribution in [0.25, 0.3) is 0 Å². The van der Waals surface area contributed by atoms with Crippen LogP contribution < -0.4 is 10.1 Å². The van der Waals surface area contributed by atoms with E-state index in [1.165, 1.54) is 11.1 Å². The van der Waals surface area contributed by atoms with E-state index in [1.54, 1.807) is 7.11 Å². The Labute approximate surface area is 110 Å². The van der Waals surface area contributed by atoms with E-state index < -0.39 is 0 Å². The Balaban J connectivity index is 2.30. The van der Waals surface area contributed by atoms with Gasteiger partial charge in [0.2, 0.25) is 0 Å². The van der Waals surface area contributed by atoms with Crippen LogP contribution in [0.15, 0.2) is 18.2 Å². The number of piperazine rings is 1. The predicted molar refractivity (Wildman–Crippen MR) is 75.3 cm³/mol. The zero-order valence-corrected chi connectivity index (χ0v) is 11.9. The van der Waals surface area contributed by atoms with Crippen molar-refractivity contribution in [2.75, 3.05) is 33.8 Å². The molecular weight excluding hydrogens is 224 g/mol. The molecule has 1 aromatic carbocycles. The van der Waals surface area contributed by atoms with Gasteiger partial charge in [0.05, 0.1) is 7.11 Å². The van der Waals surface area contributed by atoms with Crippen LogP contribution in [0.5, 0.6) is 5.75 Å². The highest BCUT2D eigenvalue weighted by molar-refractivity contribution is 5.40. The summed E-state index contributed by atoms with van der Waals surface area (Å²) in [5, 5.41) is 3.47. The van der Waals surface area contributed by atoms with Gasteiger partial charge >= 0.3 is 0 Å². The molecule has 1 heterocycles. The van der Waals surface area contributed by atoms with Gasteiger partial charge in [0.25, 0.3) is 0 Å². The Kier molecular flexibility index (Phi) is 4.25. The Morgan fingerprint density at radius 3 is 2.78 bits per heavy atom. The van der Waals surface area contributed by atoms with Gasteiger partial charge in [-0.25, -0.2) is 0 Å². The fourth-order valence-electron chi connectivity index (χ4n) is 2.59. The second kappa shape index (κ2) is 5.72. The van der Waals surface area contributed by atoms with E-state index in [1.807, 2.05) is 0 Å². The molecule has 0 spiro atoms. The Hall–Kier alpha value is -1.06. The van der Waals surface area contributed by atoms with Crippen LogP contribution in [-0.4, -0.2) is 38.7 Å². The summed E-state index contributed by atoms with van der Waals surface area (Å²) < 4.78 is 5.45. The van der Waals surface area contributed by atoms with E-state index >= 15 is 0 Å². The van der Waals surface area contributed by atoms with E-state index in [0.29, 0.717) is 12.0 Å². The third-order valence-corrected chi connectivity index (χ3v) is 3.77. The van der Waals surface area contributed by atoms with Crippen LogP contribution >= 0.6 is 0 Å². The minimum atomic E-state index is 0.474. The van der Waals surface area contributed by atoms with Gasteiger partial charge in [-0.15, -0.1) is 0 Å². The van der Waals surface area contributed by atoms with Crippen molar-refractivity contribution in [3.8, 4) is 5.75 Å². The van der Waals surface area contributed by atoms with Gasteiger partial charge in [0.15, 0.2) is 0 Å². The third-order valence-electron chi connectivity index (χ3n) is 3.77. The molecule has 0 bridgehead atoms. The molecule has 0 radical (unpaired) electrons. The van der Waals surface area contributed by atoms with Gasteiger partial charge in [-0.1, -0.05) is 26.0 Å². The SMILES string of the molecule is COc1ccc(C2CNCCN2C)cc1C(C)C. The summed E-state index contributed by atoms with van der Waals surface area (Å²) in [6.07, 6.45) is 0. The summed E-state index contributed by atoms with van der Waals surface area (Å²) in [6.45, 7) is 7.64. The molecule has 2 rings (SSSR count). The van der Waals surface area contributed by atoms with Crippen LogP contribution in [0, 0.1) is 0 Å². The summed E-state index contributed by atoms with van der Waals surface area (Å²) in [4.78, 5) is 2.42. The van der Waals surface area contributed by atoms with Gasteiger partial charge in [0, 0.05) is 25.7 Å². The highest BCUT2D eigenvalue weighted by Crippen LogP contribution is 2.31. The summed E-state index contributed by atoms with van der Waals surface area (Å²) in [6, 6.07) is 7.08. The molecule has 0 amide bonds. The summed E-state index contributed by atoms with van der Waals surface area (Å²) >= 11 is 0. The molecule has 3 heteroatoms. The van der Waals surface area contributed by atoms with Crippen molar-refractivity contribution in [2.24, 2.45) is 0 Å². The van der Waals surface area contributed by atoms with Gasteiger partial charge in [-0.3, -0.25) is 4.90 Å². The topological polar surface area (TPSA) is 24.5 Å². The molecule has 1 saturated heterocycles. The molecule has 1 aromatic rings. The minimum absolute atomic E-state index is 0.474. The lowest BCUT2D eigenvalue weighted by Gasteiger charge is -2.34. The molecule has 0 aromatic heterocycles. The van der Waals surface area contributed by atoms with E-state index in [4.69, 9.17) is 4.74 Å². The number of nitrogens with one attached hydrogen (secondary N) is 1. The molecule has 3 nitrogen and oxygen atoms in total. The lowest BCUT2D eigenvalue weighted by Crippen LogP contribution is -2.43. The molecule has 1 N–H and O–H groups in total. The standard InChI is InChI=1S/C15H24N2O/c1-11(2)13-9-12(5-6-15(13)18-4)14-10-16-7-8-17(14)3/h5-6,9,11,14,16H,7-8,10H2,1-4H3. The molecule has 100 valence electrons. The van der Waals surface area contributed by atoms with Crippen molar-refractivity contribution in [1.82, 2.24) is 10.2 Å². The first-order chi connectivity index (χ1) is 8.63. The first-order valence-corrected chi connectivity index (χ1v) is 6.72. The Morgan fingerprint density at radius 1 is 1.39 bits per heavy atom. The van der Waals surface area contributed by atoms with Crippen LogP contribution in [0.1, 0.15) is 36.9 Å². The Bertz CT molecular complexity index is 403. The summed E-state index contributed by atoms with van der Waals surface area (Å²) in [5.41, 5.74) is 2.68. The number of methoxy groups -OCH3 is 1. The maximum Gasteiger partial charge on any atom is 0.122 e. The number of ether oxygens (including phenoxy) is 1. The number of hydrogen-bond acceptors (Lipinski definition) is 3. The van der Waals surface area contributed by atoms with Crippen LogP contribution in [0.2, 0.25) is 0 Å². The number of rotatable bonds is 3.